The molecule has 0 bridgehead atoms. The molecule has 2 amide bonds. The molecule has 0 aliphatic carbocycles. The summed E-state index contributed by atoms with van der Waals surface area (Å²) in [5.74, 6) is -1.31. The van der Waals surface area contributed by atoms with Gasteiger partial charge in [-0.05, 0) is 18.6 Å². The molecule has 1 fully saturated rings. The Labute approximate surface area is 105 Å². The van der Waals surface area contributed by atoms with Crippen LogP contribution in [0.4, 0.5) is 5.69 Å². The second kappa shape index (κ2) is 5.48. The van der Waals surface area contributed by atoms with Gasteiger partial charge >= 0.3 is 0 Å². The van der Waals surface area contributed by atoms with Gasteiger partial charge in [-0.25, -0.2) is 0 Å². The van der Waals surface area contributed by atoms with Gasteiger partial charge in [0.1, 0.15) is 5.92 Å². The molecule has 0 saturated carbocycles. The van der Waals surface area contributed by atoms with Gasteiger partial charge in [0, 0.05) is 37.7 Å². The molecule has 2 rings (SSSR count). The average molecular weight is 248 g/mol. The number of aromatic nitrogens is 1. The van der Waals surface area contributed by atoms with Gasteiger partial charge in [-0.1, -0.05) is 0 Å². The molecule has 18 heavy (non-hydrogen) atoms. The number of pyridine rings is 1. The Morgan fingerprint density at radius 3 is 2.83 bits per heavy atom. The second-order valence-electron chi connectivity index (χ2n) is 4.23. The summed E-state index contributed by atoms with van der Waals surface area (Å²) in [4.78, 5) is 28.4. The maximum atomic E-state index is 11.8. The maximum Gasteiger partial charge on any atom is 0.235 e. The molecule has 2 heterocycles. The Morgan fingerprint density at radius 2 is 2.22 bits per heavy atom. The highest BCUT2D eigenvalue weighted by Gasteiger charge is 2.34. The number of primary amides is 1. The largest absolute Gasteiger partial charge is 0.383 e. The summed E-state index contributed by atoms with van der Waals surface area (Å²) in [6.07, 6.45) is 3.93. The summed E-state index contributed by atoms with van der Waals surface area (Å²) in [5.41, 5.74) is 6.12. The van der Waals surface area contributed by atoms with Gasteiger partial charge in [-0.3, -0.25) is 14.6 Å². The minimum Gasteiger partial charge on any atom is -0.383 e. The molecule has 0 unspecified atom stereocenters. The van der Waals surface area contributed by atoms with E-state index in [9.17, 15) is 9.59 Å². The van der Waals surface area contributed by atoms with Crippen LogP contribution in [-0.4, -0.2) is 41.3 Å². The van der Waals surface area contributed by atoms with Crippen molar-refractivity contribution < 1.29 is 9.59 Å². The maximum absolute atomic E-state index is 11.8. The molecule has 0 radical (unpaired) electrons. The molecular weight excluding hydrogens is 232 g/mol. The van der Waals surface area contributed by atoms with Crippen molar-refractivity contribution in [1.29, 1.82) is 0 Å². The molecule has 1 aliphatic rings. The fourth-order valence-corrected chi connectivity index (χ4v) is 2.03. The molecule has 1 aliphatic heterocycles. The summed E-state index contributed by atoms with van der Waals surface area (Å²) >= 11 is 0. The normalized spacial score (nSPS) is 19.0. The van der Waals surface area contributed by atoms with Crippen LogP contribution in [0.3, 0.4) is 0 Å². The lowest BCUT2D eigenvalue weighted by atomic mass is 10.1. The third kappa shape index (κ3) is 2.77. The lowest BCUT2D eigenvalue weighted by Gasteiger charge is -2.16. The Balaban J connectivity index is 1.78. The fourth-order valence-electron chi connectivity index (χ4n) is 2.03. The van der Waals surface area contributed by atoms with E-state index in [1.165, 1.54) is 0 Å². The van der Waals surface area contributed by atoms with Gasteiger partial charge in [0.05, 0.1) is 0 Å². The minimum absolute atomic E-state index is 0.154. The lowest BCUT2D eigenvalue weighted by Crippen LogP contribution is -2.35. The SMILES string of the molecule is NC(=O)[C@@H]1CCN(CCNc2ccncc2)C1=O. The number of likely N-dealkylation sites (tertiary alicyclic amines) is 1. The van der Waals surface area contributed by atoms with Crippen molar-refractivity contribution in [1.82, 2.24) is 9.88 Å². The van der Waals surface area contributed by atoms with E-state index >= 15 is 0 Å². The van der Waals surface area contributed by atoms with E-state index in [0.29, 0.717) is 26.1 Å². The van der Waals surface area contributed by atoms with E-state index in [-0.39, 0.29) is 5.91 Å². The summed E-state index contributed by atoms with van der Waals surface area (Å²) in [6.45, 7) is 1.82. The predicted octanol–water partition coefficient (Wildman–Crippen LogP) is -0.173. The van der Waals surface area contributed by atoms with Crippen LogP contribution in [0, 0.1) is 5.92 Å². The molecule has 1 atom stereocenters. The van der Waals surface area contributed by atoms with Crippen LogP contribution in [0.1, 0.15) is 6.42 Å². The Kier molecular flexibility index (Phi) is 3.76. The topological polar surface area (TPSA) is 88.3 Å². The van der Waals surface area contributed by atoms with Crippen molar-refractivity contribution in [3.8, 4) is 0 Å². The smallest absolute Gasteiger partial charge is 0.235 e. The molecule has 0 spiro atoms. The van der Waals surface area contributed by atoms with E-state index in [1.807, 2.05) is 12.1 Å². The minimum atomic E-state index is -0.633. The zero-order chi connectivity index (χ0) is 13.0. The number of anilines is 1. The number of carbonyl (C=O) groups excluding carboxylic acids is 2. The van der Waals surface area contributed by atoms with Gasteiger partial charge in [0.25, 0.3) is 0 Å². The number of hydrogen-bond donors (Lipinski definition) is 2. The van der Waals surface area contributed by atoms with E-state index in [2.05, 4.69) is 10.3 Å². The number of hydrogen-bond acceptors (Lipinski definition) is 4. The van der Waals surface area contributed by atoms with Crippen molar-refractivity contribution in [2.45, 2.75) is 6.42 Å². The van der Waals surface area contributed by atoms with Crippen LogP contribution >= 0.6 is 0 Å². The molecule has 0 aromatic carbocycles. The first-order valence-electron chi connectivity index (χ1n) is 5.90. The quantitative estimate of drug-likeness (QED) is 0.708. The molecule has 96 valence electrons. The zero-order valence-electron chi connectivity index (χ0n) is 10.0. The molecule has 1 aromatic heterocycles. The number of nitrogens with zero attached hydrogens (tertiary/aromatic N) is 2. The average Bonchev–Trinajstić information content (AvgIpc) is 2.73. The van der Waals surface area contributed by atoms with Crippen molar-refractivity contribution in [3.05, 3.63) is 24.5 Å². The van der Waals surface area contributed by atoms with E-state index < -0.39 is 11.8 Å². The van der Waals surface area contributed by atoms with Gasteiger partial charge in [0.2, 0.25) is 11.8 Å². The number of rotatable bonds is 5. The molecule has 6 heteroatoms. The van der Waals surface area contributed by atoms with Crippen molar-refractivity contribution in [3.63, 3.8) is 0 Å². The van der Waals surface area contributed by atoms with Gasteiger partial charge in [-0.2, -0.15) is 0 Å². The van der Waals surface area contributed by atoms with Crippen molar-refractivity contribution >= 4 is 17.5 Å². The van der Waals surface area contributed by atoms with Crippen LogP contribution in [0.5, 0.6) is 0 Å². The first kappa shape index (κ1) is 12.3. The highest BCUT2D eigenvalue weighted by Crippen LogP contribution is 2.17. The van der Waals surface area contributed by atoms with Gasteiger partial charge in [-0.15, -0.1) is 0 Å². The number of nitrogens with one attached hydrogen (secondary N) is 1. The molecule has 6 nitrogen and oxygen atoms in total. The fraction of sp³-hybridized carbons (Fsp3) is 0.417. The van der Waals surface area contributed by atoms with Crippen molar-refractivity contribution in [2.75, 3.05) is 25.0 Å². The van der Waals surface area contributed by atoms with Gasteiger partial charge in [0.15, 0.2) is 0 Å². The van der Waals surface area contributed by atoms with E-state index in [0.717, 1.165) is 5.69 Å². The highest BCUT2D eigenvalue weighted by molar-refractivity contribution is 6.00. The van der Waals surface area contributed by atoms with Crippen LogP contribution in [0.2, 0.25) is 0 Å². The van der Waals surface area contributed by atoms with Gasteiger partial charge < -0.3 is 16.0 Å². The standard InChI is InChI=1S/C12H16N4O2/c13-11(17)10-3-7-16(12(10)18)8-6-15-9-1-4-14-5-2-9/h1-2,4-5,10H,3,6-8H2,(H2,13,17)(H,14,15)/t10-/m0/s1. The first-order chi connectivity index (χ1) is 8.68. The van der Waals surface area contributed by atoms with Crippen LogP contribution in [-0.2, 0) is 9.59 Å². The van der Waals surface area contributed by atoms with E-state index in [4.69, 9.17) is 5.73 Å². The monoisotopic (exact) mass is 248 g/mol. The van der Waals surface area contributed by atoms with Crippen molar-refractivity contribution in [2.24, 2.45) is 11.7 Å². The number of nitrogens with two attached hydrogens (primary N) is 1. The summed E-state index contributed by atoms with van der Waals surface area (Å²) in [7, 11) is 0. The zero-order valence-corrected chi connectivity index (χ0v) is 10.0. The summed E-state index contributed by atoms with van der Waals surface area (Å²) in [5, 5.41) is 3.19. The molecular formula is C12H16N4O2. The number of carbonyl (C=O) groups is 2. The number of amides is 2. The molecule has 1 aromatic rings. The lowest BCUT2D eigenvalue weighted by molar-refractivity contribution is -0.136. The Morgan fingerprint density at radius 1 is 1.50 bits per heavy atom. The third-order valence-electron chi connectivity index (χ3n) is 3.03. The first-order valence-corrected chi connectivity index (χ1v) is 5.90. The van der Waals surface area contributed by atoms with E-state index in [1.54, 1.807) is 17.3 Å². The molecule has 3 N–H and O–H groups in total. The Bertz CT molecular complexity index is 435. The molecule has 1 saturated heterocycles. The third-order valence-corrected chi connectivity index (χ3v) is 3.03. The van der Waals surface area contributed by atoms with Crippen LogP contribution in [0.25, 0.3) is 0 Å². The highest BCUT2D eigenvalue weighted by atomic mass is 16.2. The van der Waals surface area contributed by atoms with Crippen LogP contribution in [0.15, 0.2) is 24.5 Å². The van der Waals surface area contributed by atoms with Crippen LogP contribution < -0.4 is 11.1 Å². The predicted molar refractivity (Wildman–Crippen MR) is 66.6 cm³/mol. The Hall–Kier alpha value is -2.11. The second-order valence-corrected chi connectivity index (χ2v) is 4.23. The summed E-state index contributed by atoms with van der Waals surface area (Å²) in [6, 6.07) is 3.72. The summed E-state index contributed by atoms with van der Waals surface area (Å²) < 4.78 is 0.